The maximum atomic E-state index is 5.45. The number of hydrogen-bond donors (Lipinski definition) is 2. The number of fused-ring (bicyclic) bond motifs is 2. The van der Waals surface area contributed by atoms with Gasteiger partial charge >= 0.3 is 0 Å². The third-order valence-electron chi connectivity index (χ3n) is 6.86. The van der Waals surface area contributed by atoms with Gasteiger partial charge in [-0.05, 0) is 42.8 Å². The Morgan fingerprint density at radius 1 is 0.846 bits per heavy atom. The van der Waals surface area contributed by atoms with Gasteiger partial charge in [-0.3, -0.25) is 4.90 Å². The van der Waals surface area contributed by atoms with Crippen LogP contribution >= 0.6 is 0 Å². The average Bonchev–Trinajstić information content (AvgIpc) is 3.33. The van der Waals surface area contributed by atoms with E-state index >= 15 is 0 Å². The topological polar surface area (TPSA) is 92.5 Å². The molecule has 0 bridgehead atoms. The van der Waals surface area contributed by atoms with Gasteiger partial charge in [-0.1, -0.05) is 54.6 Å². The van der Waals surface area contributed by atoms with Crippen LogP contribution in [0, 0.1) is 0 Å². The van der Waals surface area contributed by atoms with E-state index in [0.717, 1.165) is 79.4 Å². The Morgan fingerprint density at radius 2 is 1.62 bits per heavy atom. The summed E-state index contributed by atoms with van der Waals surface area (Å²) in [4.78, 5) is 16.7. The van der Waals surface area contributed by atoms with E-state index in [0.29, 0.717) is 12.5 Å². The summed E-state index contributed by atoms with van der Waals surface area (Å²) < 4.78 is 7.61. The highest BCUT2D eigenvalue weighted by molar-refractivity contribution is 5.90. The summed E-state index contributed by atoms with van der Waals surface area (Å²) in [5.74, 6) is 2.00. The first-order valence-electron chi connectivity index (χ1n) is 13.4. The van der Waals surface area contributed by atoms with Crippen molar-refractivity contribution in [3.05, 3.63) is 90.3 Å². The van der Waals surface area contributed by atoms with Gasteiger partial charge in [0.25, 0.3) is 0 Å². The minimum atomic E-state index is 0.436. The van der Waals surface area contributed by atoms with E-state index in [4.69, 9.17) is 14.7 Å². The molecule has 0 unspecified atom stereocenters. The van der Waals surface area contributed by atoms with Gasteiger partial charge in [0.1, 0.15) is 5.82 Å². The van der Waals surface area contributed by atoms with Crippen molar-refractivity contribution in [3.8, 4) is 0 Å². The molecule has 1 fully saturated rings. The van der Waals surface area contributed by atoms with Crippen molar-refractivity contribution in [1.82, 2.24) is 24.4 Å². The molecule has 3 aromatic carbocycles. The Bertz CT molecular complexity index is 1560. The molecule has 6 rings (SSSR count). The molecule has 0 radical (unpaired) electrons. The Labute approximate surface area is 227 Å². The summed E-state index contributed by atoms with van der Waals surface area (Å²) in [5, 5.41) is 8.99. The molecule has 39 heavy (non-hydrogen) atoms. The third kappa shape index (κ3) is 6.05. The van der Waals surface area contributed by atoms with E-state index in [9.17, 15) is 0 Å². The summed E-state index contributed by atoms with van der Waals surface area (Å²) in [6.07, 6.45) is 2.76. The Kier molecular flexibility index (Phi) is 7.69. The number of anilines is 2. The van der Waals surface area contributed by atoms with Crippen LogP contribution in [0.1, 0.15) is 17.8 Å². The summed E-state index contributed by atoms with van der Waals surface area (Å²) in [6, 6.07) is 26.5. The van der Waals surface area contributed by atoms with Crippen LogP contribution in [0.3, 0.4) is 0 Å². The smallest absolute Gasteiger partial charge is 0.246 e. The summed E-state index contributed by atoms with van der Waals surface area (Å²) in [6.45, 7) is 6.21. The van der Waals surface area contributed by atoms with Crippen molar-refractivity contribution in [2.75, 3.05) is 50.1 Å². The standard InChI is InChI=1S/C30H32N8O/c1-2-9-23(10-3-1)22-38-27-14-7-6-13-26(27)33-28(38)21-32-36-30-34-25-12-5-4-11-24(25)29(35-30)31-15-8-16-37-17-19-39-20-18-37/h1-7,9-14,21H,8,15-20,22H2,(H2,31,34,35,36)/b32-21+. The van der Waals surface area contributed by atoms with Gasteiger partial charge in [0.05, 0.1) is 36.0 Å². The van der Waals surface area contributed by atoms with Crippen LogP contribution in [0.5, 0.6) is 0 Å². The van der Waals surface area contributed by atoms with Gasteiger partial charge < -0.3 is 14.6 Å². The Hall–Kier alpha value is -4.34. The van der Waals surface area contributed by atoms with Crippen molar-refractivity contribution in [2.24, 2.45) is 5.10 Å². The molecule has 0 spiro atoms. The molecular weight excluding hydrogens is 488 g/mol. The fraction of sp³-hybridized carbons (Fsp3) is 0.267. The number of morpholine rings is 1. The molecule has 1 aliphatic rings. The number of aromatic nitrogens is 4. The Morgan fingerprint density at radius 3 is 2.49 bits per heavy atom. The van der Waals surface area contributed by atoms with Crippen molar-refractivity contribution in [2.45, 2.75) is 13.0 Å². The van der Waals surface area contributed by atoms with Crippen LogP contribution < -0.4 is 10.7 Å². The lowest BCUT2D eigenvalue weighted by molar-refractivity contribution is 0.0378. The molecule has 198 valence electrons. The molecule has 5 aromatic rings. The van der Waals surface area contributed by atoms with E-state index in [1.54, 1.807) is 6.21 Å². The van der Waals surface area contributed by atoms with Crippen molar-refractivity contribution in [3.63, 3.8) is 0 Å². The molecular formula is C30H32N8O. The summed E-state index contributed by atoms with van der Waals surface area (Å²) >= 11 is 0. The van der Waals surface area contributed by atoms with Gasteiger partial charge in [0, 0.05) is 31.6 Å². The lowest BCUT2D eigenvalue weighted by Crippen LogP contribution is -2.37. The molecule has 2 N–H and O–H groups in total. The van der Waals surface area contributed by atoms with Crippen LogP contribution in [0.25, 0.3) is 21.9 Å². The zero-order chi connectivity index (χ0) is 26.3. The van der Waals surface area contributed by atoms with Crippen LogP contribution in [-0.2, 0) is 11.3 Å². The van der Waals surface area contributed by atoms with Crippen molar-refractivity contribution < 1.29 is 4.74 Å². The van der Waals surface area contributed by atoms with Crippen LogP contribution in [0.4, 0.5) is 11.8 Å². The van der Waals surface area contributed by atoms with Crippen LogP contribution in [0.2, 0.25) is 0 Å². The molecule has 1 saturated heterocycles. The van der Waals surface area contributed by atoms with Crippen molar-refractivity contribution in [1.29, 1.82) is 0 Å². The number of hydrazone groups is 1. The second kappa shape index (κ2) is 12.0. The molecule has 0 atom stereocenters. The number of para-hydroxylation sites is 3. The predicted octanol–water partition coefficient (Wildman–Crippen LogP) is 4.61. The van der Waals surface area contributed by atoms with E-state index in [2.05, 4.69) is 60.6 Å². The molecule has 0 amide bonds. The molecule has 1 aliphatic heterocycles. The number of benzene rings is 3. The minimum absolute atomic E-state index is 0.436. The molecule has 0 saturated carbocycles. The highest BCUT2D eigenvalue weighted by Crippen LogP contribution is 2.22. The molecule has 3 heterocycles. The maximum Gasteiger partial charge on any atom is 0.246 e. The number of imidazole rings is 1. The van der Waals surface area contributed by atoms with Gasteiger partial charge in [0.2, 0.25) is 5.95 Å². The quantitative estimate of drug-likeness (QED) is 0.158. The number of rotatable bonds is 10. The molecule has 0 aliphatic carbocycles. The highest BCUT2D eigenvalue weighted by Gasteiger charge is 2.12. The zero-order valence-electron chi connectivity index (χ0n) is 21.8. The summed E-state index contributed by atoms with van der Waals surface area (Å²) in [7, 11) is 0. The average molecular weight is 521 g/mol. The van der Waals surface area contributed by atoms with Gasteiger partial charge in [-0.2, -0.15) is 10.1 Å². The normalized spacial score (nSPS) is 14.4. The second-order valence-electron chi connectivity index (χ2n) is 9.55. The first kappa shape index (κ1) is 25.0. The fourth-order valence-corrected chi connectivity index (χ4v) is 4.87. The monoisotopic (exact) mass is 520 g/mol. The fourth-order valence-electron chi connectivity index (χ4n) is 4.87. The van der Waals surface area contributed by atoms with Gasteiger partial charge in [0.15, 0.2) is 5.82 Å². The largest absolute Gasteiger partial charge is 0.379 e. The van der Waals surface area contributed by atoms with E-state index in [-0.39, 0.29) is 0 Å². The lowest BCUT2D eigenvalue weighted by Gasteiger charge is -2.26. The first-order chi connectivity index (χ1) is 19.3. The van der Waals surface area contributed by atoms with Crippen molar-refractivity contribution >= 4 is 39.9 Å². The van der Waals surface area contributed by atoms with Gasteiger partial charge in [-0.15, -0.1) is 0 Å². The number of nitrogens with zero attached hydrogens (tertiary/aromatic N) is 6. The first-order valence-corrected chi connectivity index (χ1v) is 13.4. The van der Waals surface area contributed by atoms with Gasteiger partial charge in [-0.25, -0.2) is 15.4 Å². The van der Waals surface area contributed by atoms with E-state index in [1.165, 1.54) is 5.56 Å². The third-order valence-corrected chi connectivity index (χ3v) is 6.86. The Balaban J connectivity index is 1.19. The number of nitrogens with one attached hydrogen (secondary N) is 2. The maximum absolute atomic E-state index is 5.45. The van der Waals surface area contributed by atoms with Crippen LogP contribution in [0.15, 0.2) is 84.0 Å². The minimum Gasteiger partial charge on any atom is -0.379 e. The van der Waals surface area contributed by atoms with E-state index < -0.39 is 0 Å². The van der Waals surface area contributed by atoms with Crippen LogP contribution in [-0.4, -0.2) is 70.0 Å². The number of hydrogen-bond acceptors (Lipinski definition) is 8. The van der Waals surface area contributed by atoms with E-state index in [1.807, 2.05) is 48.5 Å². The SMILES string of the molecule is C(=N\Nc1nc(NCCCN2CCOCC2)c2ccccc2n1)/c1nc2ccccc2n1Cc1ccccc1. The molecule has 9 nitrogen and oxygen atoms in total. The number of ether oxygens (including phenoxy) is 1. The second-order valence-corrected chi connectivity index (χ2v) is 9.55. The zero-order valence-corrected chi connectivity index (χ0v) is 21.8. The summed E-state index contributed by atoms with van der Waals surface area (Å²) in [5.41, 5.74) is 7.09. The molecule has 2 aromatic heterocycles. The lowest BCUT2D eigenvalue weighted by atomic mass is 10.2. The highest BCUT2D eigenvalue weighted by atomic mass is 16.5. The predicted molar refractivity (Wildman–Crippen MR) is 156 cm³/mol. The molecule has 9 heteroatoms.